The van der Waals surface area contributed by atoms with E-state index in [-0.39, 0.29) is 0 Å². The molecule has 0 atom stereocenters. The van der Waals surface area contributed by atoms with E-state index in [4.69, 9.17) is 5.11 Å². The highest BCUT2D eigenvalue weighted by Gasteiger charge is 2.17. The van der Waals surface area contributed by atoms with Crippen LogP contribution in [0.15, 0.2) is 40.9 Å². The van der Waals surface area contributed by atoms with Gasteiger partial charge in [-0.15, -0.1) is 11.8 Å². The number of carboxylic acids is 1. The Morgan fingerprint density at radius 2 is 2.24 bits per heavy atom. The molecule has 4 heteroatoms. The Morgan fingerprint density at radius 3 is 3.06 bits per heavy atom. The van der Waals surface area contributed by atoms with Crippen LogP contribution in [0.2, 0.25) is 0 Å². The van der Waals surface area contributed by atoms with E-state index in [9.17, 15) is 4.79 Å². The highest BCUT2D eigenvalue weighted by Crippen LogP contribution is 2.35. The van der Waals surface area contributed by atoms with Crippen LogP contribution in [-0.2, 0) is 4.79 Å². The van der Waals surface area contributed by atoms with Crippen molar-refractivity contribution in [1.29, 1.82) is 0 Å². The van der Waals surface area contributed by atoms with Crippen LogP contribution in [0, 0.1) is 0 Å². The van der Waals surface area contributed by atoms with Gasteiger partial charge in [-0.25, -0.2) is 4.79 Å². The van der Waals surface area contributed by atoms with Gasteiger partial charge in [0.15, 0.2) is 0 Å². The van der Waals surface area contributed by atoms with Crippen LogP contribution in [-0.4, -0.2) is 21.8 Å². The van der Waals surface area contributed by atoms with E-state index in [1.165, 1.54) is 0 Å². The van der Waals surface area contributed by atoms with Gasteiger partial charge in [0.05, 0.1) is 5.52 Å². The number of hydrogen-bond acceptors (Lipinski definition) is 3. The van der Waals surface area contributed by atoms with Crippen molar-refractivity contribution < 1.29 is 9.90 Å². The average molecular weight is 243 g/mol. The van der Waals surface area contributed by atoms with E-state index in [2.05, 4.69) is 4.98 Å². The number of nitrogens with zero attached hydrogens (tertiary/aromatic N) is 1. The predicted octanol–water partition coefficient (Wildman–Crippen LogP) is 2.81. The van der Waals surface area contributed by atoms with Crippen LogP contribution in [0.3, 0.4) is 0 Å². The van der Waals surface area contributed by atoms with Crippen molar-refractivity contribution in [2.75, 3.05) is 5.75 Å². The van der Waals surface area contributed by atoms with Crippen LogP contribution in [0.5, 0.6) is 0 Å². The van der Waals surface area contributed by atoms with E-state index in [1.54, 1.807) is 24.0 Å². The number of aromatic nitrogens is 1. The Bertz CT molecular complexity index is 649. The lowest BCUT2D eigenvalue weighted by atomic mass is 10.1. The number of benzene rings is 1. The monoisotopic (exact) mass is 243 g/mol. The van der Waals surface area contributed by atoms with Gasteiger partial charge in [0.2, 0.25) is 0 Å². The van der Waals surface area contributed by atoms with Gasteiger partial charge in [-0.05, 0) is 18.2 Å². The fourth-order valence-electron chi connectivity index (χ4n) is 1.91. The Balaban J connectivity index is 2.30. The van der Waals surface area contributed by atoms with Crippen LogP contribution in [0.25, 0.3) is 17.0 Å². The van der Waals surface area contributed by atoms with E-state index < -0.39 is 5.97 Å². The summed E-state index contributed by atoms with van der Waals surface area (Å²) in [5.41, 5.74) is 2.23. The largest absolute Gasteiger partial charge is 0.478 e. The van der Waals surface area contributed by atoms with Crippen LogP contribution in [0.1, 0.15) is 5.56 Å². The van der Waals surface area contributed by atoms with Gasteiger partial charge in [0, 0.05) is 33.4 Å². The van der Waals surface area contributed by atoms with Gasteiger partial charge in [-0.2, -0.15) is 0 Å². The molecule has 0 radical (unpaired) electrons. The molecule has 0 saturated carbocycles. The number of hydrogen-bond donors (Lipinski definition) is 1. The van der Waals surface area contributed by atoms with Crippen molar-refractivity contribution in [1.82, 2.24) is 4.98 Å². The number of aliphatic carboxylic acids is 1. The number of rotatable bonds is 1. The molecule has 0 bridgehead atoms. The summed E-state index contributed by atoms with van der Waals surface area (Å²) in [6.45, 7) is 0. The molecule has 1 aliphatic heterocycles. The first-order valence-corrected chi connectivity index (χ1v) is 6.18. The molecule has 3 rings (SSSR count). The summed E-state index contributed by atoms with van der Waals surface area (Å²) in [7, 11) is 0. The highest BCUT2D eigenvalue weighted by atomic mass is 32.2. The molecule has 0 saturated heterocycles. The molecule has 3 nitrogen and oxygen atoms in total. The normalized spacial score (nSPS) is 14.2. The Hall–Kier alpha value is -1.81. The number of thioether (sulfide) groups is 1. The third-order valence-electron chi connectivity index (χ3n) is 2.75. The molecular weight excluding hydrogens is 234 g/mol. The smallest absolute Gasteiger partial charge is 0.332 e. The standard InChI is InChI=1S/C13H9NO2S/c15-13(16)9-6-10-11(17-7-9)4-3-8-2-1-5-14-12(8)10/h1-6H,7H2,(H,15,16). The maximum atomic E-state index is 11.0. The third-order valence-corrected chi connectivity index (χ3v) is 3.87. The minimum absolute atomic E-state index is 0.431. The maximum Gasteiger partial charge on any atom is 0.332 e. The number of fused-ring (bicyclic) bond motifs is 3. The van der Waals surface area contributed by atoms with E-state index >= 15 is 0 Å². The lowest BCUT2D eigenvalue weighted by molar-refractivity contribution is -0.132. The van der Waals surface area contributed by atoms with Crippen LogP contribution < -0.4 is 0 Å². The van der Waals surface area contributed by atoms with Crippen molar-refractivity contribution in [3.8, 4) is 0 Å². The van der Waals surface area contributed by atoms with Crippen molar-refractivity contribution >= 4 is 34.7 Å². The minimum Gasteiger partial charge on any atom is -0.478 e. The predicted molar refractivity (Wildman–Crippen MR) is 68.1 cm³/mol. The minimum atomic E-state index is -0.851. The van der Waals surface area contributed by atoms with Crippen molar-refractivity contribution in [3.63, 3.8) is 0 Å². The summed E-state index contributed by atoms with van der Waals surface area (Å²) in [5.74, 6) is -0.336. The summed E-state index contributed by atoms with van der Waals surface area (Å²) in [6.07, 6.45) is 3.47. The molecule has 84 valence electrons. The van der Waals surface area contributed by atoms with Gasteiger partial charge in [-0.1, -0.05) is 12.1 Å². The lowest BCUT2D eigenvalue weighted by Crippen LogP contribution is -2.06. The Morgan fingerprint density at radius 1 is 1.35 bits per heavy atom. The topological polar surface area (TPSA) is 50.2 Å². The van der Waals surface area contributed by atoms with E-state index in [0.717, 1.165) is 21.4 Å². The van der Waals surface area contributed by atoms with E-state index in [1.807, 2.05) is 24.3 Å². The van der Waals surface area contributed by atoms with Crippen molar-refractivity contribution in [2.45, 2.75) is 4.90 Å². The molecule has 0 unspecified atom stereocenters. The zero-order valence-electron chi connectivity index (χ0n) is 8.88. The maximum absolute atomic E-state index is 11.0. The van der Waals surface area contributed by atoms with Gasteiger partial charge >= 0.3 is 5.97 Å². The average Bonchev–Trinajstić information content (AvgIpc) is 2.38. The van der Waals surface area contributed by atoms with E-state index in [0.29, 0.717) is 11.3 Å². The molecule has 17 heavy (non-hydrogen) atoms. The first kappa shape index (κ1) is 10.4. The lowest BCUT2D eigenvalue weighted by Gasteiger charge is -2.14. The molecule has 1 aliphatic rings. The molecular formula is C13H9NO2S. The first-order chi connectivity index (χ1) is 8.25. The number of carboxylic acid groups (broad SMARTS) is 1. The van der Waals surface area contributed by atoms with Gasteiger partial charge in [0.25, 0.3) is 0 Å². The first-order valence-electron chi connectivity index (χ1n) is 5.20. The van der Waals surface area contributed by atoms with Crippen molar-refractivity contribution in [3.05, 3.63) is 41.6 Å². The summed E-state index contributed by atoms with van der Waals surface area (Å²) in [5, 5.41) is 10.1. The third kappa shape index (κ3) is 1.70. The number of pyridine rings is 1. The second-order valence-corrected chi connectivity index (χ2v) is 4.83. The fourth-order valence-corrected chi connectivity index (χ4v) is 2.90. The van der Waals surface area contributed by atoms with Gasteiger partial charge in [0.1, 0.15) is 0 Å². The highest BCUT2D eigenvalue weighted by molar-refractivity contribution is 7.99. The quantitative estimate of drug-likeness (QED) is 0.836. The summed E-state index contributed by atoms with van der Waals surface area (Å²) in [6, 6.07) is 7.91. The molecule has 0 fully saturated rings. The fraction of sp³-hybridized carbons (Fsp3) is 0.0769. The molecule has 2 heterocycles. The second-order valence-electron chi connectivity index (χ2n) is 3.82. The molecule has 1 aromatic heterocycles. The molecule has 1 aromatic carbocycles. The molecule has 0 spiro atoms. The second kappa shape index (κ2) is 3.89. The summed E-state index contributed by atoms with van der Waals surface area (Å²) < 4.78 is 0. The molecule has 0 aliphatic carbocycles. The van der Waals surface area contributed by atoms with Crippen LogP contribution in [0.4, 0.5) is 0 Å². The molecule has 1 N–H and O–H groups in total. The summed E-state index contributed by atoms with van der Waals surface area (Å²) in [4.78, 5) is 16.4. The zero-order chi connectivity index (χ0) is 11.8. The van der Waals surface area contributed by atoms with Gasteiger partial charge < -0.3 is 5.11 Å². The van der Waals surface area contributed by atoms with Crippen molar-refractivity contribution in [2.24, 2.45) is 0 Å². The molecule has 0 amide bonds. The van der Waals surface area contributed by atoms with Crippen LogP contribution >= 0.6 is 11.8 Å². The summed E-state index contributed by atoms with van der Waals surface area (Å²) >= 11 is 1.55. The molecule has 2 aromatic rings. The Kier molecular flexibility index (Phi) is 2.37. The zero-order valence-corrected chi connectivity index (χ0v) is 9.70. The number of carbonyl (C=O) groups is 1. The Labute approximate surface area is 102 Å². The van der Waals surface area contributed by atoms with Gasteiger partial charge in [-0.3, -0.25) is 4.98 Å². The SMILES string of the molecule is O=C(O)C1=Cc2c(ccc3cccnc23)SC1.